The zero-order valence-electron chi connectivity index (χ0n) is 14.9. The van der Waals surface area contributed by atoms with Crippen molar-refractivity contribution in [2.45, 2.75) is 52.2 Å². The van der Waals surface area contributed by atoms with Crippen LogP contribution in [-0.2, 0) is 9.53 Å². The molecule has 3 fully saturated rings. The van der Waals surface area contributed by atoms with Crippen LogP contribution in [0.4, 0.5) is 8.78 Å². The number of amides is 1. The molecule has 1 amide bonds. The summed E-state index contributed by atoms with van der Waals surface area (Å²) in [5, 5.41) is 3.19. The van der Waals surface area contributed by atoms with E-state index in [2.05, 4.69) is 19.2 Å². The lowest BCUT2D eigenvalue weighted by atomic mass is 9.59. The number of fused-ring (bicyclic) bond motifs is 1. The zero-order chi connectivity index (χ0) is 18.0. The lowest BCUT2D eigenvalue weighted by molar-refractivity contribution is -0.136. The summed E-state index contributed by atoms with van der Waals surface area (Å²) in [6, 6.07) is 4.36. The van der Waals surface area contributed by atoms with Gasteiger partial charge in [0.05, 0.1) is 6.10 Å². The van der Waals surface area contributed by atoms with Crippen LogP contribution in [0.3, 0.4) is 0 Å². The molecule has 4 rings (SSSR count). The molecule has 3 aliphatic rings. The number of benzene rings is 1. The van der Waals surface area contributed by atoms with Crippen LogP contribution in [0.25, 0.3) is 0 Å². The van der Waals surface area contributed by atoms with Gasteiger partial charge in [-0.25, -0.2) is 8.78 Å². The summed E-state index contributed by atoms with van der Waals surface area (Å²) in [7, 11) is 0. The van der Waals surface area contributed by atoms with Gasteiger partial charge in [-0.2, -0.15) is 0 Å². The Hall–Kier alpha value is -1.49. The average Bonchev–Trinajstić information content (AvgIpc) is 3.03. The SMILES string of the molecule is CC(=O)N[C@H]1C(C)(C)[C@@H]2C[C@@H]3[C@@H](c4cccc(F)c4F)OCC[C@@]31C2. The van der Waals surface area contributed by atoms with E-state index < -0.39 is 17.7 Å². The fraction of sp³-hybridized carbons (Fsp3) is 0.650. The van der Waals surface area contributed by atoms with E-state index in [1.165, 1.54) is 0 Å². The highest BCUT2D eigenvalue weighted by molar-refractivity contribution is 5.73. The van der Waals surface area contributed by atoms with Gasteiger partial charge in [0.25, 0.3) is 0 Å². The molecule has 5 atom stereocenters. The molecule has 0 radical (unpaired) electrons. The first-order chi connectivity index (χ1) is 11.8. The summed E-state index contributed by atoms with van der Waals surface area (Å²) in [5.74, 6) is -1.10. The maximum atomic E-state index is 14.4. The molecule has 25 heavy (non-hydrogen) atoms. The van der Waals surface area contributed by atoms with Gasteiger partial charge in [0, 0.05) is 25.1 Å². The summed E-state index contributed by atoms with van der Waals surface area (Å²) < 4.78 is 34.1. The molecule has 5 heteroatoms. The summed E-state index contributed by atoms with van der Waals surface area (Å²) in [6.07, 6.45) is 2.37. The number of nitrogens with one attached hydrogen (secondary N) is 1. The van der Waals surface area contributed by atoms with Crippen molar-refractivity contribution >= 4 is 5.91 Å². The normalized spacial score (nSPS) is 38.4. The Balaban J connectivity index is 1.75. The van der Waals surface area contributed by atoms with Crippen molar-refractivity contribution in [1.29, 1.82) is 0 Å². The van der Waals surface area contributed by atoms with E-state index in [9.17, 15) is 13.6 Å². The molecule has 136 valence electrons. The third kappa shape index (κ3) is 2.28. The van der Waals surface area contributed by atoms with Crippen molar-refractivity contribution in [1.82, 2.24) is 5.32 Å². The van der Waals surface area contributed by atoms with Crippen molar-refractivity contribution in [3.8, 4) is 0 Å². The topological polar surface area (TPSA) is 38.3 Å². The summed E-state index contributed by atoms with van der Waals surface area (Å²) >= 11 is 0. The Labute approximate surface area is 147 Å². The second-order valence-electron chi connectivity index (χ2n) is 8.62. The molecule has 0 unspecified atom stereocenters. The molecule has 1 aromatic carbocycles. The standard InChI is InChI=1S/C20H25F2NO2/c1-11(24)23-18-19(2,3)12-9-14-17(25-8-7-20(14,18)10-12)13-5-4-6-15(21)16(13)22/h4-6,12,14,17-18H,7-10H2,1-3H3,(H,23,24)/t12-,14-,17-,18+,20-/m1/s1. The molecule has 1 heterocycles. The van der Waals surface area contributed by atoms with Crippen molar-refractivity contribution in [2.24, 2.45) is 22.7 Å². The minimum atomic E-state index is -0.831. The molecule has 1 aromatic rings. The molecule has 1 saturated heterocycles. The Kier molecular flexibility index (Phi) is 3.73. The molecule has 1 N–H and O–H groups in total. The number of ether oxygens (including phenoxy) is 1. The fourth-order valence-corrected chi connectivity index (χ4v) is 6.04. The van der Waals surface area contributed by atoms with Gasteiger partial charge in [0.2, 0.25) is 5.91 Å². The van der Waals surface area contributed by atoms with Crippen molar-refractivity contribution in [3.63, 3.8) is 0 Å². The highest BCUT2D eigenvalue weighted by atomic mass is 19.2. The van der Waals surface area contributed by atoms with Crippen molar-refractivity contribution < 1.29 is 18.3 Å². The van der Waals surface area contributed by atoms with Gasteiger partial charge in [-0.05, 0) is 48.0 Å². The summed E-state index contributed by atoms with van der Waals surface area (Å²) in [4.78, 5) is 11.8. The van der Waals surface area contributed by atoms with E-state index in [0.29, 0.717) is 18.1 Å². The Morgan fingerprint density at radius 2 is 2.08 bits per heavy atom. The maximum Gasteiger partial charge on any atom is 0.217 e. The van der Waals surface area contributed by atoms with E-state index in [-0.39, 0.29) is 28.7 Å². The molecular formula is C20H25F2NO2. The zero-order valence-corrected chi connectivity index (χ0v) is 14.9. The molecule has 1 aliphatic heterocycles. The minimum absolute atomic E-state index is 0.00451. The van der Waals surface area contributed by atoms with Crippen molar-refractivity contribution in [2.75, 3.05) is 6.61 Å². The molecule has 2 bridgehead atoms. The van der Waals surface area contributed by atoms with Crippen LogP contribution >= 0.6 is 0 Å². The first-order valence-electron chi connectivity index (χ1n) is 9.10. The predicted octanol–water partition coefficient (Wildman–Crippen LogP) is 3.98. The van der Waals surface area contributed by atoms with E-state index in [1.54, 1.807) is 19.1 Å². The smallest absolute Gasteiger partial charge is 0.217 e. The quantitative estimate of drug-likeness (QED) is 0.877. The van der Waals surface area contributed by atoms with Gasteiger partial charge < -0.3 is 10.1 Å². The largest absolute Gasteiger partial charge is 0.373 e. The molecule has 1 spiro atoms. The van der Waals surface area contributed by atoms with Crippen LogP contribution in [0.15, 0.2) is 18.2 Å². The summed E-state index contributed by atoms with van der Waals surface area (Å²) in [6.45, 7) is 6.50. The van der Waals surface area contributed by atoms with Crippen LogP contribution in [0.2, 0.25) is 0 Å². The third-order valence-corrected chi connectivity index (χ3v) is 7.14. The van der Waals surface area contributed by atoms with E-state index >= 15 is 0 Å². The van der Waals surface area contributed by atoms with E-state index in [0.717, 1.165) is 25.3 Å². The van der Waals surface area contributed by atoms with Crippen LogP contribution in [-0.4, -0.2) is 18.6 Å². The van der Waals surface area contributed by atoms with Gasteiger partial charge in [-0.1, -0.05) is 26.0 Å². The Morgan fingerprint density at radius 3 is 2.80 bits per heavy atom. The van der Waals surface area contributed by atoms with Gasteiger partial charge in [-0.3, -0.25) is 4.79 Å². The highest BCUT2D eigenvalue weighted by Crippen LogP contribution is 2.70. The third-order valence-electron chi connectivity index (χ3n) is 7.14. The number of hydrogen-bond donors (Lipinski definition) is 1. The van der Waals surface area contributed by atoms with Gasteiger partial charge in [-0.15, -0.1) is 0 Å². The average molecular weight is 349 g/mol. The number of halogens is 2. The summed E-state index contributed by atoms with van der Waals surface area (Å²) in [5.41, 5.74) is 0.225. The van der Waals surface area contributed by atoms with Gasteiger partial charge in [0.1, 0.15) is 0 Å². The molecular weight excluding hydrogens is 324 g/mol. The molecule has 3 nitrogen and oxygen atoms in total. The van der Waals surface area contributed by atoms with Crippen molar-refractivity contribution in [3.05, 3.63) is 35.4 Å². The predicted molar refractivity (Wildman–Crippen MR) is 89.7 cm³/mol. The second kappa shape index (κ2) is 5.50. The first kappa shape index (κ1) is 17.0. The molecule has 0 aromatic heterocycles. The highest BCUT2D eigenvalue weighted by Gasteiger charge is 2.68. The van der Waals surface area contributed by atoms with Gasteiger partial charge >= 0.3 is 0 Å². The lowest BCUT2D eigenvalue weighted by Crippen LogP contribution is -2.58. The fourth-order valence-electron chi connectivity index (χ4n) is 6.04. The van der Waals surface area contributed by atoms with Crippen LogP contribution < -0.4 is 5.32 Å². The molecule has 2 saturated carbocycles. The monoisotopic (exact) mass is 349 g/mol. The van der Waals surface area contributed by atoms with Crippen LogP contribution in [0.5, 0.6) is 0 Å². The van der Waals surface area contributed by atoms with Crippen LogP contribution in [0.1, 0.15) is 51.7 Å². The maximum absolute atomic E-state index is 14.4. The van der Waals surface area contributed by atoms with Crippen LogP contribution in [0, 0.1) is 34.3 Å². The van der Waals surface area contributed by atoms with E-state index in [1.807, 2.05) is 0 Å². The van der Waals surface area contributed by atoms with Gasteiger partial charge in [0.15, 0.2) is 11.6 Å². The first-order valence-corrected chi connectivity index (χ1v) is 9.10. The second-order valence-corrected chi connectivity index (χ2v) is 8.62. The Morgan fingerprint density at radius 1 is 1.32 bits per heavy atom. The Bertz CT molecular complexity index is 720. The van der Waals surface area contributed by atoms with E-state index in [4.69, 9.17) is 4.74 Å². The number of carbonyl (C=O) groups is 1. The number of rotatable bonds is 2. The lowest BCUT2D eigenvalue weighted by Gasteiger charge is -2.53. The number of hydrogen-bond acceptors (Lipinski definition) is 2. The number of carbonyl (C=O) groups excluding carboxylic acids is 1. The molecule has 2 aliphatic carbocycles. The minimum Gasteiger partial charge on any atom is -0.373 e.